The van der Waals surface area contributed by atoms with Crippen LogP contribution < -0.4 is 11.1 Å². The van der Waals surface area contributed by atoms with Crippen LogP contribution >= 0.6 is 0 Å². The maximum absolute atomic E-state index is 8.85. The van der Waals surface area contributed by atoms with Crippen molar-refractivity contribution in [2.75, 3.05) is 17.6 Å². The summed E-state index contributed by atoms with van der Waals surface area (Å²) in [4.78, 5) is 0. The Morgan fingerprint density at radius 1 is 1.50 bits per heavy atom. The summed E-state index contributed by atoms with van der Waals surface area (Å²) in [7, 11) is 0. The molecular formula is C11H15N3. The maximum Gasteiger partial charge on any atom is 0.101 e. The van der Waals surface area contributed by atoms with Crippen molar-refractivity contribution in [1.29, 1.82) is 5.26 Å². The van der Waals surface area contributed by atoms with Crippen LogP contribution in [0.2, 0.25) is 0 Å². The predicted molar refractivity (Wildman–Crippen MR) is 59.0 cm³/mol. The molecule has 0 radical (unpaired) electrons. The van der Waals surface area contributed by atoms with Gasteiger partial charge in [-0.1, -0.05) is 13.3 Å². The molecule has 0 aliphatic heterocycles. The number of anilines is 2. The van der Waals surface area contributed by atoms with Crippen LogP contribution in [-0.2, 0) is 0 Å². The molecule has 74 valence electrons. The molecule has 0 fully saturated rings. The molecule has 0 saturated heterocycles. The molecule has 0 atom stereocenters. The van der Waals surface area contributed by atoms with Gasteiger partial charge in [0.2, 0.25) is 0 Å². The maximum atomic E-state index is 8.85. The summed E-state index contributed by atoms with van der Waals surface area (Å²) >= 11 is 0. The van der Waals surface area contributed by atoms with Gasteiger partial charge in [-0.3, -0.25) is 0 Å². The van der Waals surface area contributed by atoms with Gasteiger partial charge in [0.25, 0.3) is 0 Å². The zero-order valence-corrected chi connectivity index (χ0v) is 8.38. The van der Waals surface area contributed by atoms with Gasteiger partial charge in [0.1, 0.15) is 6.07 Å². The first kappa shape index (κ1) is 10.4. The van der Waals surface area contributed by atoms with Crippen LogP contribution in [0.25, 0.3) is 0 Å². The molecule has 0 spiro atoms. The van der Waals surface area contributed by atoms with Crippen LogP contribution in [-0.4, -0.2) is 6.54 Å². The highest BCUT2D eigenvalue weighted by atomic mass is 14.9. The first-order valence-corrected chi connectivity index (χ1v) is 4.81. The van der Waals surface area contributed by atoms with Crippen LogP contribution in [0.1, 0.15) is 25.3 Å². The zero-order valence-electron chi connectivity index (χ0n) is 8.38. The highest BCUT2D eigenvalue weighted by molar-refractivity contribution is 5.62. The van der Waals surface area contributed by atoms with Crippen molar-refractivity contribution in [1.82, 2.24) is 0 Å². The van der Waals surface area contributed by atoms with Gasteiger partial charge in [0.05, 0.1) is 11.3 Å². The van der Waals surface area contributed by atoms with E-state index in [1.807, 2.05) is 6.07 Å². The lowest BCUT2D eigenvalue weighted by Crippen LogP contribution is -2.03. The fourth-order valence-electron chi connectivity index (χ4n) is 1.21. The second-order valence-electron chi connectivity index (χ2n) is 3.20. The van der Waals surface area contributed by atoms with Gasteiger partial charge >= 0.3 is 0 Å². The molecule has 3 nitrogen and oxygen atoms in total. The number of hydrogen-bond acceptors (Lipinski definition) is 3. The normalized spacial score (nSPS) is 9.43. The van der Waals surface area contributed by atoms with E-state index < -0.39 is 0 Å². The van der Waals surface area contributed by atoms with Crippen molar-refractivity contribution in [2.45, 2.75) is 19.8 Å². The topological polar surface area (TPSA) is 61.8 Å². The Balaban J connectivity index is 2.72. The van der Waals surface area contributed by atoms with Gasteiger partial charge < -0.3 is 11.1 Å². The molecule has 1 rings (SSSR count). The molecule has 1 aromatic rings. The minimum atomic E-state index is 0.612. The molecule has 0 bridgehead atoms. The Kier molecular flexibility index (Phi) is 3.81. The number of hydrogen-bond donors (Lipinski definition) is 2. The van der Waals surface area contributed by atoms with Crippen LogP contribution in [0, 0.1) is 11.3 Å². The molecule has 0 amide bonds. The van der Waals surface area contributed by atoms with Gasteiger partial charge in [-0.05, 0) is 24.6 Å². The van der Waals surface area contributed by atoms with Crippen LogP contribution in [0.15, 0.2) is 18.2 Å². The van der Waals surface area contributed by atoms with Crippen LogP contribution in [0.5, 0.6) is 0 Å². The van der Waals surface area contributed by atoms with Crippen molar-refractivity contribution in [3.05, 3.63) is 23.8 Å². The average Bonchev–Trinajstić information content (AvgIpc) is 2.20. The van der Waals surface area contributed by atoms with E-state index in [4.69, 9.17) is 11.0 Å². The minimum absolute atomic E-state index is 0.612. The fraction of sp³-hybridized carbons (Fsp3) is 0.364. The predicted octanol–water partition coefficient (Wildman–Crippen LogP) is 2.35. The molecule has 0 saturated carbocycles. The summed E-state index contributed by atoms with van der Waals surface area (Å²) in [5.41, 5.74) is 7.69. The quantitative estimate of drug-likeness (QED) is 0.564. The smallest absolute Gasteiger partial charge is 0.101 e. The summed E-state index contributed by atoms with van der Waals surface area (Å²) < 4.78 is 0. The molecule has 0 aliphatic rings. The van der Waals surface area contributed by atoms with E-state index in [9.17, 15) is 0 Å². The molecule has 0 aromatic heterocycles. The lowest BCUT2D eigenvalue weighted by Gasteiger charge is -2.07. The van der Waals surface area contributed by atoms with Gasteiger partial charge in [0.15, 0.2) is 0 Å². The lowest BCUT2D eigenvalue weighted by molar-refractivity contribution is 0.834. The monoisotopic (exact) mass is 189 g/mol. The number of rotatable bonds is 4. The van der Waals surface area contributed by atoms with Crippen LogP contribution in [0.4, 0.5) is 11.4 Å². The van der Waals surface area contributed by atoms with Crippen molar-refractivity contribution >= 4 is 11.4 Å². The Hall–Kier alpha value is -1.69. The number of nitrogens with one attached hydrogen (secondary N) is 1. The summed E-state index contributed by atoms with van der Waals surface area (Å²) in [5, 5.41) is 12.1. The van der Waals surface area contributed by atoms with Crippen molar-refractivity contribution in [2.24, 2.45) is 0 Å². The first-order chi connectivity index (χ1) is 6.77. The highest BCUT2D eigenvalue weighted by Gasteiger charge is 2.00. The number of unbranched alkanes of at least 4 members (excludes halogenated alkanes) is 1. The number of nitrogen functional groups attached to an aromatic ring is 1. The van der Waals surface area contributed by atoms with E-state index >= 15 is 0 Å². The molecule has 3 N–H and O–H groups in total. The van der Waals surface area contributed by atoms with Crippen molar-refractivity contribution in [3.63, 3.8) is 0 Å². The summed E-state index contributed by atoms with van der Waals surface area (Å²) in [6, 6.07) is 7.46. The van der Waals surface area contributed by atoms with Crippen LogP contribution in [0.3, 0.4) is 0 Å². The number of nitrogens with zero attached hydrogens (tertiary/aromatic N) is 1. The van der Waals surface area contributed by atoms with E-state index in [1.54, 1.807) is 12.1 Å². The molecule has 0 aliphatic carbocycles. The Labute approximate surface area is 84.5 Å². The number of nitrogens with two attached hydrogens (primary N) is 1. The van der Waals surface area contributed by atoms with Gasteiger partial charge in [0, 0.05) is 12.2 Å². The third kappa shape index (κ3) is 2.67. The summed E-state index contributed by atoms with van der Waals surface area (Å²) in [5.74, 6) is 0. The lowest BCUT2D eigenvalue weighted by atomic mass is 10.1. The second-order valence-corrected chi connectivity index (χ2v) is 3.20. The molecule has 0 unspecified atom stereocenters. The molecule has 1 aromatic carbocycles. The van der Waals surface area contributed by atoms with Crippen molar-refractivity contribution < 1.29 is 0 Å². The Morgan fingerprint density at radius 2 is 2.29 bits per heavy atom. The second kappa shape index (κ2) is 5.13. The largest absolute Gasteiger partial charge is 0.399 e. The van der Waals surface area contributed by atoms with E-state index in [0.717, 1.165) is 25.1 Å². The Morgan fingerprint density at radius 3 is 2.93 bits per heavy atom. The van der Waals surface area contributed by atoms with Gasteiger partial charge in [-0.2, -0.15) is 5.26 Å². The molecule has 3 heteroatoms. The number of benzene rings is 1. The fourth-order valence-corrected chi connectivity index (χ4v) is 1.21. The van der Waals surface area contributed by atoms with Crippen molar-refractivity contribution in [3.8, 4) is 6.07 Å². The summed E-state index contributed by atoms with van der Waals surface area (Å²) in [6.45, 7) is 3.03. The van der Waals surface area contributed by atoms with E-state index in [2.05, 4.69) is 18.3 Å². The average molecular weight is 189 g/mol. The minimum Gasteiger partial charge on any atom is -0.399 e. The third-order valence-corrected chi connectivity index (χ3v) is 2.01. The first-order valence-electron chi connectivity index (χ1n) is 4.81. The van der Waals surface area contributed by atoms with E-state index in [1.165, 1.54) is 0 Å². The van der Waals surface area contributed by atoms with Gasteiger partial charge in [-0.15, -0.1) is 0 Å². The zero-order chi connectivity index (χ0) is 10.4. The SMILES string of the molecule is CCCCNc1ccc(N)cc1C#N. The van der Waals surface area contributed by atoms with E-state index in [0.29, 0.717) is 11.3 Å². The standard InChI is InChI=1S/C11H15N3/c1-2-3-6-14-11-5-4-10(13)7-9(11)8-12/h4-5,7,14H,2-3,6,13H2,1H3. The number of nitriles is 1. The molecule has 14 heavy (non-hydrogen) atoms. The van der Waals surface area contributed by atoms with E-state index in [-0.39, 0.29) is 0 Å². The van der Waals surface area contributed by atoms with Gasteiger partial charge in [-0.25, -0.2) is 0 Å². The third-order valence-electron chi connectivity index (χ3n) is 2.01. The highest BCUT2D eigenvalue weighted by Crippen LogP contribution is 2.17. The Bertz CT molecular complexity index is 339. The molecular weight excluding hydrogens is 174 g/mol. The summed E-state index contributed by atoms with van der Waals surface area (Å²) in [6.07, 6.45) is 2.25. The molecule has 0 heterocycles.